The minimum atomic E-state index is -0.497. The van der Waals surface area contributed by atoms with Crippen molar-refractivity contribution in [3.8, 4) is 11.1 Å². The summed E-state index contributed by atoms with van der Waals surface area (Å²) in [6.45, 7) is 7.29. The van der Waals surface area contributed by atoms with Gasteiger partial charge in [0, 0.05) is 16.7 Å². The number of hydrogen-bond acceptors (Lipinski definition) is 1. The molecule has 0 bridgehead atoms. The van der Waals surface area contributed by atoms with Gasteiger partial charge in [0.1, 0.15) is 0 Å². The highest BCUT2D eigenvalue weighted by molar-refractivity contribution is 6.25. The Morgan fingerprint density at radius 3 is 1.60 bits per heavy atom. The van der Waals surface area contributed by atoms with Crippen LogP contribution in [0, 0.1) is 0 Å². The van der Waals surface area contributed by atoms with E-state index >= 15 is 0 Å². The van der Waals surface area contributed by atoms with Crippen molar-refractivity contribution >= 4 is 49.3 Å². The molecule has 0 spiro atoms. The van der Waals surface area contributed by atoms with Crippen molar-refractivity contribution in [2.75, 3.05) is 4.90 Å². The molecule has 286 valence electrons. The molecule has 3 aliphatic rings. The lowest BCUT2D eigenvalue weighted by Gasteiger charge is -2.45. The van der Waals surface area contributed by atoms with Gasteiger partial charge in [-0.15, -0.1) is 0 Å². The fourth-order valence-corrected chi connectivity index (χ4v) is 11.6. The zero-order valence-electron chi connectivity index (χ0n) is 34.3. The Bertz CT molecular complexity index is 3200. The zero-order valence-corrected chi connectivity index (χ0v) is 34.3. The van der Waals surface area contributed by atoms with Crippen molar-refractivity contribution in [2.24, 2.45) is 0 Å². The fraction of sp³-hybridized carbons (Fsp3) is 0.119. The first-order valence-electron chi connectivity index (χ1n) is 21.4. The second kappa shape index (κ2) is 12.8. The number of benzene rings is 9. The van der Waals surface area contributed by atoms with Crippen LogP contribution in [0.15, 0.2) is 212 Å². The Kier molecular flexibility index (Phi) is 7.45. The molecule has 0 fully saturated rings. The minimum Gasteiger partial charge on any atom is -0.331 e. The number of allylic oxidation sites excluding steroid dienone is 2. The van der Waals surface area contributed by atoms with Crippen LogP contribution in [0.1, 0.15) is 60.6 Å². The molecular formula is C59H45N. The number of fused-ring (bicyclic) bond motifs is 12. The summed E-state index contributed by atoms with van der Waals surface area (Å²) in [6, 6.07) is 72.8. The number of anilines is 2. The van der Waals surface area contributed by atoms with Gasteiger partial charge < -0.3 is 4.90 Å². The highest BCUT2D eigenvalue weighted by Gasteiger charge is 2.49. The van der Waals surface area contributed by atoms with Gasteiger partial charge >= 0.3 is 0 Å². The zero-order chi connectivity index (χ0) is 40.2. The van der Waals surface area contributed by atoms with Gasteiger partial charge in [0.25, 0.3) is 0 Å². The third-order valence-electron chi connectivity index (χ3n) is 14.2. The van der Waals surface area contributed by atoms with Gasteiger partial charge in [0.05, 0.1) is 16.6 Å². The first kappa shape index (κ1) is 35.0. The molecule has 60 heavy (non-hydrogen) atoms. The molecule has 0 aliphatic heterocycles. The van der Waals surface area contributed by atoms with Crippen LogP contribution >= 0.6 is 0 Å². The lowest BCUT2D eigenvalue weighted by atomic mass is 9.67. The molecule has 1 heteroatoms. The molecule has 3 aliphatic carbocycles. The predicted molar refractivity (Wildman–Crippen MR) is 253 cm³/mol. The fourth-order valence-electron chi connectivity index (χ4n) is 11.6. The van der Waals surface area contributed by atoms with E-state index in [4.69, 9.17) is 0 Å². The van der Waals surface area contributed by atoms with E-state index in [-0.39, 0.29) is 5.41 Å². The Balaban J connectivity index is 1.18. The lowest BCUT2D eigenvalue weighted by molar-refractivity contribution is 0.550. The van der Waals surface area contributed by atoms with E-state index < -0.39 is 11.0 Å². The van der Waals surface area contributed by atoms with E-state index in [1.165, 1.54) is 99.3 Å². The Morgan fingerprint density at radius 2 is 0.950 bits per heavy atom. The van der Waals surface area contributed by atoms with Crippen molar-refractivity contribution in [1.82, 2.24) is 0 Å². The van der Waals surface area contributed by atoms with Crippen molar-refractivity contribution in [1.29, 1.82) is 0 Å². The van der Waals surface area contributed by atoms with E-state index in [2.05, 4.69) is 232 Å². The number of hydrogen-bond donors (Lipinski definition) is 0. The maximum atomic E-state index is 2.71. The van der Waals surface area contributed by atoms with Crippen LogP contribution in [0.5, 0.6) is 0 Å². The normalized spacial score (nSPS) is 18.1. The summed E-state index contributed by atoms with van der Waals surface area (Å²) >= 11 is 0. The van der Waals surface area contributed by atoms with Gasteiger partial charge in [-0.05, 0) is 114 Å². The monoisotopic (exact) mass is 767 g/mol. The summed E-state index contributed by atoms with van der Waals surface area (Å²) in [4.78, 5) is 2.71. The van der Waals surface area contributed by atoms with Crippen molar-refractivity contribution < 1.29 is 0 Å². The third kappa shape index (κ3) is 4.69. The van der Waals surface area contributed by atoms with E-state index in [0.29, 0.717) is 0 Å². The standard InChI is InChI=1S/C59H45N/c1-57(2)51-29-16-14-27-47(51)48-35-36-58(3,38-54(48)57)60(41-33-34-46-44-25-11-10-23-42(44)43-24-12-13-26-45(43)50(46)37-41)55-32-18-31-53-56(55)49-28-15-17-30-52(49)59(53,39-19-6-4-7-20-39)40-21-8-5-9-22-40/h4-35,37-38H,36H2,1-3H3. The Morgan fingerprint density at radius 1 is 0.433 bits per heavy atom. The summed E-state index contributed by atoms with van der Waals surface area (Å²) < 4.78 is 0. The molecule has 9 aromatic rings. The van der Waals surface area contributed by atoms with Crippen molar-refractivity contribution in [2.45, 2.75) is 43.6 Å². The van der Waals surface area contributed by atoms with Crippen LogP contribution in [0.25, 0.3) is 49.0 Å². The molecule has 9 aromatic carbocycles. The van der Waals surface area contributed by atoms with Crippen molar-refractivity contribution in [3.05, 3.63) is 245 Å². The topological polar surface area (TPSA) is 3.24 Å². The van der Waals surface area contributed by atoms with Gasteiger partial charge in [-0.3, -0.25) is 0 Å². The van der Waals surface area contributed by atoms with E-state index in [1.54, 1.807) is 0 Å². The third-order valence-corrected chi connectivity index (χ3v) is 14.2. The maximum Gasteiger partial charge on any atom is 0.0714 e. The average Bonchev–Trinajstić information content (AvgIpc) is 3.73. The van der Waals surface area contributed by atoms with Crippen LogP contribution in [-0.4, -0.2) is 5.54 Å². The van der Waals surface area contributed by atoms with E-state index in [9.17, 15) is 0 Å². The molecule has 12 rings (SSSR count). The van der Waals surface area contributed by atoms with Gasteiger partial charge in [-0.2, -0.15) is 0 Å². The molecular weight excluding hydrogens is 723 g/mol. The van der Waals surface area contributed by atoms with Crippen LogP contribution in [0.4, 0.5) is 11.4 Å². The first-order chi connectivity index (χ1) is 29.4. The van der Waals surface area contributed by atoms with Crippen LogP contribution in [0.2, 0.25) is 0 Å². The molecule has 0 aromatic heterocycles. The van der Waals surface area contributed by atoms with Crippen molar-refractivity contribution in [3.63, 3.8) is 0 Å². The Labute approximate surface area is 352 Å². The molecule has 1 nitrogen and oxygen atoms in total. The second-order valence-corrected chi connectivity index (χ2v) is 17.8. The average molecular weight is 768 g/mol. The molecule has 0 saturated carbocycles. The highest BCUT2D eigenvalue weighted by Crippen LogP contribution is 2.61. The molecule has 0 amide bonds. The predicted octanol–water partition coefficient (Wildman–Crippen LogP) is 15.1. The first-order valence-corrected chi connectivity index (χ1v) is 21.4. The SMILES string of the molecule is CC1(C)C2=CC(C)(N(c3ccc4c5ccccc5c5ccccc5c4c3)c3cccc4c3-c3ccccc3C4(c3ccccc3)c3ccccc3)CC=C2c2ccccc21. The van der Waals surface area contributed by atoms with Gasteiger partial charge in [0.15, 0.2) is 0 Å². The molecule has 0 N–H and O–H groups in total. The molecule has 0 saturated heterocycles. The van der Waals surface area contributed by atoms with Gasteiger partial charge in [-0.1, -0.05) is 202 Å². The molecule has 1 atom stereocenters. The summed E-state index contributed by atoms with van der Waals surface area (Å²) in [7, 11) is 0. The summed E-state index contributed by atoms with van der Waals surface area (Å²) in [5.41, 5.74) is 14.7. The second-order valence-electron chi connectivity index (χ2n) is 17.8. The van der Waals surface area contributed by atoms with Crippen LogP contribution in [-0.2, 0) is 10.8 Å². The summed E-state index contributed by atoms with van der Waals surface area (Å²) in [6.07, 6.45) is 6.03. The highest BCUT2D eigenvalue weighted by atomic mass is 15.2. The smallest absolute Gasteiger partial charge is 0.0714 e. The quantitative estimate of drug-likeness (QED) is 0.158. The molecule has 0 radical (unpaired) electrons. The molecule has 1 unspecified atom stereocenters. The maximum absolute atomic E-state index is 2.71. The lowest BCUT2D eigenvalue weighted by Crippen LogP contribution is -2.44. The van der Waals surface area contributed by atoms with Crippen LogP contribution < -0.4 is 4.90 Å². The van der Waals surface area contributed by atoms with Gasteiger partial charge in [-0.25, -0.2) is 0 Å². The van der Waals surface area contributed by atoms with E-state index in [0.717, 1.165) is 6.42 Å². The summed E-state index contributed by atoms with van der Waals surface area (Å²) in [5, 5.41) is 7.72. The Hall–Kier alpha value is -6.96. The largest absolute Gasteiger partial charge is 0.331 e. The minimum absolute atomic E-state index is 0.130. The van der Waals surface area contributed by atoms with E-state index in [1.807, 2.05) is 0 Å². The number of rotatable bonds is 5. The van der Waals surface area contributed by atoms with Crippen LogP contribution in [0.3, 0.4) is 0 Å². The number of nitrogens with zero attached hydrogens (tertiary/aromatic N) is 1. The molecule has 0 heterocycles. The summed E-state index contributed by atoms with van der Waals surface area (Å²) in [5.74, 6) is 0. The van der Waals surface area contributed by atoms with Gasteiger partial charge in [0.2, 0.25) is 0 Å².